The highest BCUT2D eigenvalue weighted by Gasteiger charge is 1.97. The SMILES string of the molecule is CNCc1cc[c]cc1OC. The van der Waals surface area contributed by atoms with Crippen LogP contribution in [-0.4, -0.2) is 14.2 Å². The van der Waals surface area contributed by atoms with Crippen LogP contribution in [0.25, 0.3) is 0 Å². The van der Waals surface area contributed by atoms with E-state index in [4.69, 9.17) is 4.74 Å². The summed E-state index contributed by atoms with van der Waals surface area (Å²) in [7, 11) is 3.58. The van der Waals surface area contributed by atoms with Gasteiger partial charge in [0, 0.05) is 12.1 Å². The second-order valence-corrected chi connectivity index (χ2v) is 2.27. The molecule has 0 saturated carbocycles. The van der Waals surface area contributed by atoms with Crippen LogP contribution < -0.4 is 10.1 Å². The van der Waals surface area contributed by atoms with E-state index in [-0.39, 0.29) is 0 Å². The van der Waals surface area contributed by atoms with Crippen molar-refractivity contribution >= 4 is 0 Å². The van der Waals surface area contributed by atoms with Gasteiger partial charge in [0.15, 0.2) is 0 Å². The molecule has 0 spiro atoms. The maximum absolute atomic E-state index is 5.13. The third-order valence-electron chi connectivity index (χ3n) is 1.50. The summed E-state index contributed by atoms with van der Waals surface area (Å²) in [5, 5.41) is 3.06. The zero-order valence-corrected chi connectivity index (χ0v) is 6.85. The lowest BCUT2D eigenvalue weighted by Crippen LogP contribution is -2.06. The van der Waals surface area contributed by atoms with Crippen LogP contribution >= 0.6 is 0 Å². The number of rotatable bonds is 3. The number of hydrogen-bond donors (Lipinski definition) is 1. The minimum absolute atomic E-state index is 0.831. The summed E-state index contributed by atoms with van der Waals surface area (Å²) in [6.45, 7) is 0.831. The van der Waals surface area contributed by atoms with Crippen LogP contribution in [0.5, 0.6) is 5.75 Å². The van der Waals surface area contributed by atoms with Crippen LogP contribution in [0.2, 0.25) is 0 Å². The van der Waals surface area contributed by atoms with Gasteiger partial charge in [0.2, 0.25) is 0 Å². The van der Waals surface area contributed by atoms with Crippen molar-refractivity contribution in [3.63, 3.8) is 0 Å². The molecule has 0 fully saturated rings. The topological polar surface area (TPSA) is 21.3 Å². The van der Waals surface area contributed by atoms with Gasteiger partial charge in [0.1, 0.15) is 5.75 Å². The minimum Gasteiger partial charge on any atom is -0.496 e. The van der Waals surface area contributed by atoms with Crippen molar-refractivity contribution in [1.82, 2.24) is 5.32 Å². The normalized spacial score (nSPS) is 9.64. The second-order valence-electron chi connectivity index (χ2n) is 2.27. The number of hydrogen-bond acceptors (Lipinski definition) is 2. The summed E-state index contributed by atoms with van der Waals surface area (Å²) in [6.07, 6.45) is 0. The van der Waals surface area contributed by atoms with Gasteiger partial charge in [-0.15, -0.1) is 0 Å². The van der Waals surface area contributed by atoms with E-state index < -0.39 is 0 Å². The lowest BCUT2D eigenvalue weighted by atomic mass is 10.2. The first kappa shape index (κ1) is 8.08. The Hall–Kier alpha value is -1.02. The molecule has 0 aliphatic carbocycles. The Kier molecular flexibility index (Phi) is 2.93. The Morgan fingerprint density at radius 2 is 2.45 bits per heavy atom. The molecule has 2 heteroatoms. The van der Waals surface area contributed by atoms with E-state index in [1.54, 1.807) is 7.11 Å². The highest BCUT2D eigenvalue weighted by molar-refractivity contribution is 5.32. The molecule has 0 amide bonds. The molecule has 2 nitrogen and oxygen atoms in total. The molecule has 1 rings (SSSR count). The fourth-order valence-electron chi connectivity index (χ4n) is 0.974. The monoisotopic (exact) mass is 150 g/mol. The van der Waals surface area contributed by atoms with E-state index in [1.165, 1.54) is 0 Å². The molecule has 1 aromatic rings. The summed E-state index contributed by atoms with van der Waals surface area (Å²) in [6, 6.07) is 8.68. The van der Waals surface area contributed by atoms with Crippen LogP contribution in [0.4, 0.5) is 0 Å². The van der Waals surface area contributed by atoms with Gasteiger partial charge in [-0.05, 0) is 19.2 Å². The van der Waals surface area contributed by atoms with E-state index in [1.807, 2.05) is 25.2 Å². The van der Waals surface area contributed by atoms with Crippen molar-refractivity contribution in [3.8, 4) is 5.75 Å². The smallest absolute Gasteiger partial charge is 0.123 e. The van der Waals surface area contributed by atoms with Crippen LogP contribution in [-0.2, 0) is 6.54 Å². The van der Waals surface area contributed by atoms with Gasteiger partial charge < -0.3 is 10.1 Å². The molecule has 1 aromatic carbocycles. The van der Waals surface area contributed by atoms with E-state index in [9.17, 15) is 0 Å². The van der Waals surface area contributed by atoms with Gasteiger partial charge in [-0.25, -0.2) is 0 Å². The first-order chi connectivity index (χ1) is 5.38. The maximum Gasteiger partial charge on any atom is 0.123 e. The molecule has 0 bridgehead atoms. The van der Waals surface area contributed by atoms with Crippen LogP contribution in [0, 0.1) is 6.07 Å². The van der Waals surface area contributed by atoms with Gasteiger partial charge in [-0.3, -0.25) is 0 Å². The highest BCUT2D eigenvalue weighted by atomic mass is 16.5. The summed E-state index contributed by atoms with van der Waals surface area (Å²) in [5.74, 6) is 0.891. The summed E-state index contributed by atoms with van der Waals surface area (Å²) >= 11 is 0. The van der Waals surface area contributed by atoms with E-state index in [0.717, 1.165) is 17.9 Å². The first-order valence-electron chi connectivity index (χ1n) is 3.56. The predicted octanol–water partition coefficient (Wildman–Crippen LogP) is 1.21. The van der Waals surface area contributed by atoms with Crippen molar-refractivity contribution < 1.29 is 4.74 Å². The number of benzene rings is 1. The van der Waals surface area contributed by atoms with Crippen LogP contribution in [0.3, 0.4) is 0 Å². The molecule has 0 aliphatic rings. The molecule has 59 valence electrons. The Bertz CT molecular complexity index is 223. The second kappa shape index (κ2) is 3.98. The zero-order valence-electron chi connectivity index (χ0n) is 6.85. The Balaban J connectivity index is 2.83. The van der Waals surface area contributed by atoms with Crippen molar-refractivity contribution in [1.29, 1.82) is 0 Å². The Morgan fingerprint density at radius 3 is 3.09 bits per heavy atom. The fraction of sp³-hybridized carbons (Fsp3) is 0.333. The van der Waals surface area contributed by atoms with Crippen LogP contribution in [0.15, 0.2) is 18.2 Å². The molecule has 1 N–H and O–H groups in total. The Labute approximate surface area is 67.2 Å². The van der Waals surface area contributed by atoms with Crippen molar-refractivity contribution in [3.05, 3.63) is 29.8 Å². The molecular weight excluding hydrogens is 138 g/mol. The maximum atomic E-state index is 5.13. The third kappa shape index (κ3) is 1.95. The van der Waals surface area contributed by atoms with Gasteiger partial charge in [0.05, 0.1) is 7.11 Å². The summed E-state index contributed by atoms with van der Waals surface area (Å²) in [5.41, 5.74) is 1.16. The molecule has 0 saturated heterocycles. The lowest BCUT2D eigenvalue weighted by Gasteiger charge is -2.05. The third-order valence-corrected chi connectivity index (χ3v) is 1.50. The first-order valence-corrected chi connectivity index (χ1v) is 3.56. The highest BCUT2D eigenvalue weighted by Crippen LogP contribution is 2.15. The summed E-state index contributed by atoms with van der Waals surface area (Å²) in [4.78, 5) is 0. The number of nitrogens with one attached hydrogen (secondary N) is 1. The number of ether oxygens (including phenoxy) is 1. The Morgan fingerprint density at radius 1 is 1.64 bits per heavy atom. The minimum atomic E-state index is 0.831. The van der Waals surface area contributed by atoms with Gasteiger partial charge in [-0.2, -0.15) is 0 Å². The van der Waals surface area contributed by atoms with Crippen LogP contribution in [0.1, 0.15) is 5.56 Å². The average Bonchev–Trinajstić information content (AvgIpc) is 2.06. The van der Waals surface area contributed by atoms with E-state index in [0.29, 0.717) is 0 Å². The standard InChI is InChI=1S/C9H12NO/c1-10-7-8-5-3-4-6-9(8)11-2/h3,5-6,10H,7H2,1-2H3. The van der Waals surface area contributed by atoms with Gasteiger partial charge in [-0.1, -0.05) is 12.1 Å². The zero-order chi connectivity index (χ0) is 8.10. The van der Waals surface area contributed by atoms with Crippen molar-refractivity contribution in [2.24, 2.45) is 0 Å². The number of methoxy groups -OCH3 is 1. The van der Waals surface area contributed by atoms with Gasteiger partial charge in [0.25, 0.3) is 0 Å². The summed E-state index contributed by atoms with van der Waals surface area (Å²) < 4.78 is 5.13. The van der Waals surface area contributed by atoms with Crippen molar-refractivity contribution in [2.75, 3.05) is 14.2 Å². The van der Waals surface area contributed by atoms with E-state index >= 15 is 0 Å². The van der Waals surface area contributed by atoms with Crippen molar-refractivity contribution in [2.45, 2.75) is 6.54 Å². The fourth-order valence-corrected chi connectivity index (χ4v) is 0.974. The largest absolute Gasteiger partial charge is 0.496 e. The molecule has 1 radical (unpaired) electrons. The molecule has 0 aromatic heterocycles. The lowest BCUT2D eigenvalue weighted by molar-refractivity contribution is 0.408. The molecule has 0 heterocycles. The van der Waals surface area contributed by atoms with E-state index in [2.05, 4.69) is 11.4 Å². The molecule has 11 heavy (non-hydrogen) atoms. The average molecular weight is 150 g/mol. The van der Waals surface area contributed by atoms with Gasteiger partial charge >= 0.3 is 0 Å². The molecule has 0 atom stereocenters. The molecule has 0 unspecified atom stereocenters. The molecular formula is C9H12NO. The molecule has 0 aliphatic heterocycles. The quantitative estimate of drug-likeness (QED) is 0.699. The predicted molar refractivity (Wildman–Crippen MR) is 44.6 cm³/mol.